The molecular formula is C17H18N2O3. The largest absolute Gasteiger partial charge is 0.373 e. The summed E-state index contributed by atoms with van der Waals surface area (Å²) < 4.78 is 0. The second-order valence-electron chi connectivity index (χ2n) is 5.17. The minimum atomic E-state index is -0.475. The number of aldehydes is 1. The lowest BCUT2D eigenvalue weighted by Crippen LogP contribution is -2.11. The van der Waals surface area contributed by atoms with E-state index in [2.05, 4.69) is 5.32 Å². The molecule has 5 heteroatoms. The minimum absolute atomic E-state index is 0.0265. The highest BCUT2D eigenvalue weighted by Gasteiger charge is 2.18. The fourth-order valence-electron chi connectivity index (χ4n) is 2.30. The van der Waals surface area contributed by atoms with Gasteiger partial charge in [-0.1, -0.05) is 36.8 Å². The molecule has 114 valence electrons. The van der Waals surface area contributed by atoms with Crippen LogP contribution in [-0.2, 0) is 0 Å². The van der Waals surface area contributed by atoms with Crippen molar-refractivity contribution in [2.24, 2.45) is 0 Å². The van der Waals surface area contributed by atoms with E-state index in [1.807, 2.05) is 38.1 Å². The summed E-state index contributed by atoms with van der Waals surface area (Å²) in [6.45, 7) is 4.03. The van der Waals surface area contributed by atoms with Crippen molar-refractivity contribution in [3.63, 3.8) is 0 Å². The molecule has 1 atom stereocenters. The van der Waals surface area contributed by atoms with Crippen LogP contribution in [0.3, 0.4) is 0 Å². The summed E-state index contributed by atoms with van der Waals surface area (Å²) in [5, 5.41) is 14.4. The Kier molecular flexibility index (Phi) is 4.88. The molecule has 0 aliphatic rings. The van der Waals surface area contributed by atoms with Gasteiger partial charge in [-0.2, -0.15) is 0 Å². The summed E-state index contributed by atoms with van der Waals surface area (Å²) >= 11 is 0. The third-order valence-electron chi connectivity index (χ3n) is 3.57. The molecule has 0 saturated carbocycles. The molecule has 1 N–H and O–H groups in total. The van der Waals surface area contributed by atoms with Gasteiger partial charge in [0.05, 0.1) is 11.0 Å². The highest BCUT2D eigenvalue weighted by Crippen LogP contribution is 2.30. The van der Waals surface area contributed by atoms with Gasteiger partial charge in [0.1, 0.15) is 12.0 Å². The maximum absolute atomic E-state index is 11.2. The molecule has 0 aliphatic heterocycles. The van der Waals surface area contributed by atoms with E-state index in [1.54, 1.807) is 12.1 Å². The van der Waals surface area contributed by atoms with Gasteiger partial charge >= 0.3 is 0 Å². The van der Waals surface area contributed by atoms with Crippen LogP contribution in [0.1, 0.15) is 40.9 Å². The number of nitro groups is 1. The van der Waals surface area contributed by atoms with Gasteiger partial charge in [-0.15, -0.1) is 0 Å². The van der Waals surface area contributed by atoms with Gasteiger partial charge in [0.15, 0.2) is 0 Å². The van der Waals surface area contributed by atoms with Crippen molar-refractivity contribution in [2.45, 2.75) is 26.3 Å². The lowest BCUT2D eigenvalue weighted by molar-refractivity contribution is -0.384. The van der Waals surface area contributed by atoms with Gasteiger partial charge in [-0.05, 0) is 31.0 Å². The lowest BCUT2D eigenvalue weighted by atomic mass is 10.0. The third kappa shape index (κ3) is 3.49. The molecule has 0 bridgehead atoms. The number of benzene rings is 2. The molecule has 0 saturated heterocycles. The monoisotopic (exact) mass is 298 g/mol. The van der Waals surface area contributed by atoms with Gasteiger partial charge in [0.25, 0.3) is 5.69 Å². The fourth-order valence-corrected chi connectivity index (χ4v) is 2.30. The molecule has 2 aromatic rings. The quantitative estimate of drug-likeness (QED) is 0.491. The topological polar surface area (TPSA) is 72.2 Å². The molecule has 0 aliphatic carbocycles. The molecule has 0 radical (unpaired) electrons. The molecule has 0 fully saturated rings. The average molecular weight is 298 g/mol. The van der Waals surface area contributed by atoms with Crippen molar-refractivity contribution in [2.75, 3.05) is 5.32 Å². The number of carbonyl (C=O) groups excluding carboxylic acids is 1. The first kappa shape index (κ1) is 15.7. The summed E-state index contributed by atoms with van der Waals surface area (Å²) in [5.74, 6) is 0. The number of nitro benzene ring substituents is 1. The van der Waals surface area contributed by atoms with Crippen molar-refractivity contribution >= 4 is 17.7 Å². The van der Waals surface area contributed by atoms with E-state index in [0.717, 1.165) is 12.0 Å². The molecule has 22 heavy (non-hydrogen) atoms. The first-order valence-electron chi connectivity index (χ1n) is 7.12. The van der Waals surface area contributed by atoms with E-state index >= 15 is 0 Å². The molecule has 0 heterocycles. The average Bonchev–Trinajstić information content (AvgIpc) is 2.53. The van der Waals surface area contributed by atoms with Gasteiger partial charge in [0.2, 0.25) is 0 Å². The molecule has 2 aromatic carbocycles. The maximum Gasteiger partial charge on any atom is 0.293 e. The van der Waals surface area contributed by atoms with E-state index < -0.39 is 4.92 Å². The van der Waals surface area contributed by atoms with Crippen LogP contribution in [0.25, 0.3) is 0 Å². The number of anilines is 1. The van der Waals surface area contributed by atoms with Crippen LogP contribution in [0, 0.1) is 17.0 Å². The summed E-state index contributed by atoms with van der Waals surface area (Å²) in [4.78, 5) is 21.5. The molecule has 0 unspecified atom stereocenters. The normalized spacial score (nSPS) is 11.7. The van der Waals surface area contributed by atoms with E-state index in [1.165, 1.54) is 11.6 Å². The lowest BCUT2D eigenvalue weighted by Gasteiger charge is -2.19. The third-order valence-corrected chi connectivity index (χ3v) is 3.57. The Morgan fingerprint density at radius 1 is 1.23 bits per heavy atom. The highest BCUT2D eigenvalue weighted by atomic mass is 16.6. The van der Waals surface area contributed by atoms with Gasteiger partial charge in [-0.3, -0.25) is 14.9 Å². The van der Waals surface area contributed by atoms with Gasteiger partial charge in [-0.25, -0.2) is 0 Å². The fraction of sp³-hybridized carbons (Fsp3) is 0.235. The van der Waals surface area contributed by atoms with Gasteiger partial charge < -0.3 is 5.32 Å². The summed E-state index contributed by atoms with van der Waals surface area (Å²) in [7, 11) is 0. The van der Waals surface area contributed by atoms with E-state index in [9.17, 15) is 14.9 Å². The molecule has 0 spiro atoms. The van der Waals surface area contributed by atoms with Crippen molar-refractivity contribution < 1.29 is 9.72 Å². The van der Waals surface area contributed by atoms with Crippen LogP contribution < -0.4 is 5.32 Å². The minimum Gasteiger partial charge on any atom is -0.373 e. The predicted molar refractivity (Wildman–Crippen MR) is 86.3 cm³/mol. The van der Waals surface area contributed by atoms with Crippen LogP contribution in [0.2, 0.25) is 0 Å². The number of nitrogens with zero attached hydrogens (tertiary/aromatic N) is 1. The molecule has 0 amide bonds. The van der Waals surface area contributed by atoms with E-state index in [-0.39, 0.29) is 11.7 Å². The Hall–Kier alpha value is -2.69. The van der Waals surface area contributed by atoms with Crippen LogP contribution in [-0.4, -0.2) is 11.2 Å². The number of carbonyl (C=O) groups is 1. The number of nitrogens with one attached hydrogen (secondary N) is 1. The van der Waals surface area contributed by atoms with E-state index in [0.29, 0.717) is 17.5 Å². The Balaban J connectivity index is 2.33. The van der Waals surface area contributed by atoms with Crippen molar-refractivity contribution in [1.29, 1.82) is 0 Å². The standard InChI is InChI=1S/C17H18N2O3/c1-3-15(14-7-4-12(2)5-8-14)18-16-9-6-13(11-20)10-17(16)19(21)22/h4-11,15,18H,3H2,1-2H3/t15-/m1/s1. The molecule has 2 rings (SSSR count). The SMILES string of the molecule is CC[C@@H](Nc1ccc(C=O)cc1[N+](=O)[O-])c1ccc(C)cc1. The highest BCUT2D eigenvalue weighted by molar-refractivity contribution is 5.79. The molecule has 5 nitrogen and oxygen atoms in total. The number of rotatable bonds is 6. The Morgan fingerprint density at radius 2 is 1.91 bits per heavy atom. The second-order valence-corrected chi connectivity index (χ2v) is 5.17. The van der Waals surface area contributed by atoms with Crippen LogP contribution >= 0.6 is 0 Å². The summed E-state index contributed by atoms with van der Waals surface area (Å²) in [6, 6.07) is 12.5. The smallest absolute Gasteiger partial charge is 0.293 e. The number of hydrogen-bond donors (Lipinski definition) is 1. The van der Waals surface area contributed by atoms with Crippen LogP contribution in [0.4, 0.5) is 11.4 Å². The van der Waals surface area contributed by atoms with E-state index in [4.69, 9.17) is 0 Å². The molecular weight excluding hydrogens is 280 g/mol. The number of aryl methyl sites for hydroxylation is 1. The maximum atomic E-state index is 11.2. The summed E-state index contributed by atoms with van der Waals surface area (Å²) in [5.41, 5.74) is 2.86. The van der Waals surface area contributed by atoms with Crippen LogP contribution in [0.15, 0.2) is 42.5 Å². The first-order chi connectivity index (χ1) is 10.5. The summed E-state index contributed by atoms with van der Waals surface area (Å²) in [6.07, 6.45) is 1.39. The van der Waals surface area contributed by atoms with Crippen LogP contribution in [0.5, 0.6) is 0 Å². The molecule has 0 aromatic heterocycles. The van der Waals surface area contributed by atoms with Crippen molar-refractivity contribution in [1.82, 2.24) is 0 Å². The predicted octanol–water partition coefficient (Wildman–Crippen LogP) is 4.28. The zero-order valence-corrected chi connectivity index (χ0v) is 12.6. The number of hydrogen-bond acceptors (Lipinski definition) is 4. The Bertz CT molecular complexity index is 681. The zero-order valence-electron chi connectivity index (χ0n) is 12.6. The van der Waals surface area contributed by atoms with Crippen molar-refractivity contribution in [3.8, 4) is 0 Å². The van der Waals surface area contributed by atoms with Crippen molar-refractivity contribution in [3.05, 3.63) is 69.3 Å². The Morgan fingerprint density at radius 3 is 2.45 bits per heavy atom. The first-order valence-corrected chi connectivity index (χ1v) is 7.12. The zero-order chi connectivity index (χ0) is 16.1. The Labute approximate surface area is 129 Å². The second kappa shape index (κ2) is 6.85. The van der Waals surface area contributed by atoms with Gasteiger partial charge in [0, 0.05) is 11.6 Å².